The van der Waals surface area contributed by atoms with Crippen molar-refractivity contribution in [3.05, 3.63) is 93.0 Å². The Bertz CT molecular complexity index is 1160. The van der Waals surface area contributed by atoms with Crippen molar-refractivity contribution in [3.63, 3.8) is 0 Å². The Morgan fingerprint density at radius 2 is 1.83 bits per heavy atom. The van der Waals surface area contributed by atoms with E-state index in [0.717, 1.165) is 27.7 Å². The number of hydrazine groups is 1. The van der Waals surface area contributed by atoms with Crippen LogP contribution in [0.5, 0.6) is 5.88 Å². The van der Waals surface area contributed by atoms with Crippen LogP contribution in [-0.4, -0.2) is 28.5 Å². The number of carbonyl (C=O) groups excluding carboxylic acids is 1. The molecular weight excluding hydrogens is 547 g/mol. The minimum atomic E-state index is -4.51. The van der Waals surface area contributed by atoms with E-state index in [1.165, 1.54) is 13.8 Å². The normalized spacial score (nSPS) is 12.9. The summed E-state index contributed by atoms with van der Waals surface area (Å²) in [7, 11) is 1.74. The maximum absolute atomic E-state index is 13.1. The summed E-state index contributed by atoms with van der Waals surface area (Å²) >= 11 is 9.51. The third kappa shape index (κ3) is 7.43. The lowest BCUT2D eigenvalue weighted by Gasteiger charge is -2.33. The Morgan fingerprint density at radius 1 is 1.14 bits per heavy atom. The van der Waals surface area contributed by atoms with Gasteiger partial charge in [0, 0.05) is 28.8 Å². The van der Waals surface area contributed by atoms with E-state index in [0.29, 0.717) is 17.6 Å². The number of alkyl halides is 3. The van der Waals surface area contributed by atoms with E-state index in [1.807, 2.05) is 36.4 Å². The summed E-state index contributed by atoms with van der Waals surface area (Å²) in [5.74, 6) is -0.580. The number of carbonyl (C=O) groups is 1. The topological polar surface area (TPSA) is 54.5 Å². The van der Waals surface area contributed by atoms with Crippen LogP contribution in [0.15, 0.2) is 71.3 Å². The molecule has 0 aliphatic rings. The fourth-order valence-electron chi connectivity index (χ4n) is 3.32. The van der Waals surface area contributed by atoms with Crippen LogP contribution in [0.25, 0.3) is 0 Å². The highest BCUT2D eigenvalue weighted by molar-refractivity contribution is 9.10. The number of nitrogens with one attached hydrogen (secondary N) is 1. The average Bonchev–Trinajstić information content (AvgIpc) is 2.78. The maximum atomic E-state index is 13.1. The minimum Gasteiger partial charge on any atom is -0.461 e. The van der Waals surface area contributed by atoms with E-state index in [-0.39, 0.29) is 11.9 Å². The van der Waals surface area contributed by atoms with E-state index in [9.17, 15) is 18.0 Å². The molecular formula is C25H24BrClF3N3O2. The van der Waals surface area contributed by atoms with Gasteiger partial charge >= 0.3 is 6.18 Å². The lowest BCUT2D eigenvalue weighted by atomic mass is 9.98. The summed E-state index contributed by atoms with van der Waals surface area (Å²) in [6.45, 7) is 3.03. The van der Waals surface area contributed by atoms with E-state index in [2.05, 4.69) is 26.3 Å². The van der Waals surface area contributed by atoms with Crippen molar-refractivity contribution in [1.82, 2.24) is 15.4 Å². The molecule has 0 saturated heterocycles. The second-order valence-electron chi connectivity index (χ2n) is 8.45. The van der Waals surface area contributed by atoms with Crippen LogP contribution in [0.2, 0.25) is 5.02 Å². The number of benzene rings is 2. The van der Waals surface area contributed by atoms with Crippen molar-refractivity contribution in [3.8, 4) is 5.88 Å². The largest absolute Gasteiger partial charge is 0.461 e. The van der Waals surface area contributed by atoms with Gasteiger partial charge in [-0.25, -0.2) is 9.99 Å². The monoisotopic (exact) mass is 569 g/mol. The van der Waals surface area contributed by atoms with Crippen molar-refractivity contribution in [2.45, 2.75) is 38.1 Å². The number of aromatic nitrogens is 1. The fraction of sp³-hybridized carbons (Fsp3) is 0.280. The molecule has 0 saturated carbocycles. The predicted octanol–water partition coefficient (Wildman–Crippen LogP) is 6.62. The van der Waals surface area contributed by atoms with Crippen LogP contribution in [0, 0.1) is 0 Å². The number of pyridine rings is 1. The second kappa shape index (κ2) is 11.0. The molecule has 0 spiro atoms. The lowest BCUT2D eigenvalue weighted by molar-refractivity contribution is -0.141. The van der Waals surface area contributed by atoms with Gasteiger partial charge in [-0.05, 0) is 61.7 Å². The molecule has 10 heteroatoms. The van der Waals surface area contributed by atoms with Crippen LogP contribution in [0.4, 0.5) is 13.2 Å². The summed E-state index contributed by atoms with van der Waals surface area (Å²) in [6.07, 6.45) is -3.26. The molecule has 1 N–H and O–H groups in total. The molecule has 3 rings (SSSR count). The summed E-state index contributed by atoms with van der Waals surface area (Å²) in [5.41, 5.74) is 2.51. The molecule has 1 heterocycles. The van der Waals surface area contributed by atoms with Crippen molar-refractivity contribution in [1.29, 1.82) is 0 Å². The summed E-state index contributed by atoms with van der Waals surface area (Å²) in [5, 5.41) is 2.31. The molecule has 0 radical (unpaired) electrons. The molecule has 35 heavy (non-hydrogen) atoms. The highest BCUT2D eigenvalue weighted by Gasteiger charge is 2.34. The van der Waals surface area contributed by atoms with Crippen LogP contribution in [0.3, 0.4) is 0 Å². The quantitative estimate of drug-likeness (QED) is 0.309. The molecule has 2 aromatic carbocycles. The van der Waals surface area contributed by atoms with Gasteiger partial charge in [0.25, 0.3) is 5.91 Å². The first kappa shape index (κ1) is 27.0. The highest BCUT2D eigenvalue weighted by atomic mass is 79.9. The molecule has 5 nitrogen and oxygen atoms in total. The van der Waals surface area contributed by atoms with E-state index >= 15 is 0 Å². The van der Waals surface area contributed by atoms with Gasteiger partial charge in [-0.2, -0.15) is 13.2 Å². The van der Waals surface area contributed by atoms with Gasteiger partial charge in [-0.3, -0.25) is 10.2 Å². The Morgan fingerprint density at radius 3 is 2.40 bits per heavy atom. The highest BCUT2D eigenvalue weighted by Crippen LogP contribution is 2.30. The van der Waals surface area contributed by atoms with Crippen LogP contribution in [-0.2, 0) is 17.4 Å². The van der Waals surface area contributed by atoms with Gasteiger partial charge in [-0.1, -0.05) is 51.8 Å². The van der Waals surface area contributed by atoms with Crippen molar-refractivity contribution >= 4 is 33.4 Å². The standard InChI is InChI=1S/C25H24BrClF3N3O2/c1-24(2,35-22-12-9-18(15-31-22)25(28,29)30)23(34)32-33(3)21(17-5-4-6-19(26)14-17)13-16-7-10-20(27)11-8-16/h4-12,14-15,21H,13H2,1-3H3,(H,32,34). The second-order valence-corrected chi connectivity index (χ2v) is 9.80. The lowest BCUT2D eigenvalue weighted by Crippen LogP contribution is -2.53. The van der Waals surface area contributed by atoms with Crippen LogP contribution < -0.4 is 10.2 Å². The average molecular weight is 571 g/mol. The van der Waals surface area contributed by atoms with Crippen molar-refractivity contribution in [2.75, 3.05) is 7.05 Å². The van der Waals surface area contributed by atoms with E-state index in [4.69, 9.17) is 16.3 Å². The fourth-order valence-corrected chi connectivity index (χ4v) is 3.87. The van der Waals surface area contributed by atoms with E-state index < -0.39 is 23.2 Å². The first-order valence-electron chi connectivity index (χ1n) is 10.6. The first-order chi connectivity index (χ1) is 16.3. The number of likely N-dealkylation sites (N-methyl/N-ethyl adjacent to an activating group) is 1. The molecule has 0 aliphatic carbocycles. The summed E-state index contributed by atoms with van der Waals surface area (Å²) in [6, 6.07) is 16.9. The maximum Gasteiger partial charge on any atom is 0.417 e. The van der Waals surface area contributed by atoms with Gasteiger partial charge in [0.15, 0.2) is 5.60 Å². The zero-order valence-electron chi connectivity index (χ0n) is 19.2. The number of amides is 1. The third-order valence-electron chi connectivity index (χ3n) is 5.29. The Kier molecular flexibility index (Phi) is 8.46. The molecule has 0 fully saturated rings. The van der Waals surface area contributed by atoms with Gasteiger partial charge < -0.3 is 4.74 Å². The third-order valence-corrected chi connectivity index (χ3v) is 6.04. The molecule has 1 atom stereocenters. The van der Waals surface area contributed by atoms with Gasteiger partial charge in [-0.15, -0.1) is 0 Å². The van der Waals surface area contributed by atoms with Gasteiger partial charge in [0.05, 0.1) is 11.6 Å². The first-order valence-corrected chi connectivity index (χ1v) is 11.8. The number of hydrogen-bond donors (Lipinski definition) is 1. The minimum absolute atomic E-state index is 0.0921. The number of nitrogens with zero attached hydrogens (tertiary/aromatic N) is 2. The smallest absolute Gasteiger partial charge is 0.417 e. The number of rotatable bonds is 8. The number of ether oxygens (including phenoxy) is 1. The molecule has 1 amide bonds. The SMILES string of the molecule is CN(NC(=O)C(C)(C)Oc1ccc(C(F)(F)F)cn1)C(Cc1ccc(Cl)cc1)c1cccc(Br)c1. The zero-order chi connectivity index (χ0) is 25.8. The predicted molar refractivity (Wildman–Crippen MR) is 132 cm³/mol. The number of hydrogen-bond acceptors (Lipinski definition) is 4. The summed E-state index contributed by atoms with van der Waals surface area (Å²) in [4.78, 5) is 16.8. The molecule has 3 aromatic rings. The molecule has 186 valence electrons. The molecule has 1 aromatic heterocycles. The summed E-state index contributed by atoms with van der Waals surface area (Å²) < 4.78 is 44.9. The van der Waals surface area contributed by atoms with Crippen LogP contribution >= 0.6 is 27.5 Å². The Balaban J connectivity index is 1.76. The number of halogens is 5. The van der Waals surface area contributed by atoms with Gasteiger partial charge in [0.2, 0.25) is 5.88 Å². The van der Waals surface area contributed by atoms with Gasteiger partial charge in [0.1, 0.15) is 0 Å². The zero-order valence-corrected chi connectivity index (χ0v) is 21.6. The molecule has 0 bridgehead atoms. The molecule has 0 aliphatic heterocycles. The van der Waals surface area contributed by atoms with Crippen molar-refractivity contribution in [2.24, 2.45) is 0 Å². The van der Waals surface area contributed by atoms with E-state index in [1.54, 1.807) is 24.2 Å². The Hall–Kier alpha value is -2.62. The Labute approximate surface area is 215 Å². The van der Waals surface area contributed by atoms with Crippen molar-refractivity contribution < 1.29 is 22.7 Å². The van der Waals surface area contributed by atoms with Crippen LogP contribution in [0.1, 0.15) is 36.6 Å². The molecule has 1 unspecified atom stereocenters.